The van der Waals surface area contributed by atoms with E-state index in [1.54, 1.807) is 0 Å². The van der Waals surface area contributed by atoms with Gasteiger partial charge in [0.05, 0.1) is 0 Å². The van der Waals surface area contributed by atoms with Gasteiger partial charge in [-0.15, -0.1) is 0 Å². The Bertz CT molecular complexity index is 378. The van der Waals surface area contributed by atoms with Crippen LogP contribution >= 0.6 is 11.8 Å². The summed E-state index contributed by atoms with van der Waals surface area (Å²) in [5.41, 5.74) is -0.924. The van der Waals surface area contributed by atoms with Gasteiger partial charge in [0.1, 0.15) is 5.54 Å². The summed E-state index contributed by atoms with van der Waals surface area (Å²) in [7, 11) is 0. The first kappa shape index (κ1) is 12.4. The normalized spacial score (nSPS) is 26.1. The highest BCUT2D eigenvalue weighted by molar-refractivity contribution is 8.13. The number of hydrogen-bond acceptors (Lipinski definition) is 4. The Kier molecular flexibility index (Phi) is 3.16. The Morgan fingerprint density at radius 1 is 1.53 bits per heavy atom. The SMILES string of the molecule is CC(=O)SCC1CC(=O)N(C2(C(=O)O)CC2)C1. The Morgan fingerprint density at radius 2 is 2.18 bits per heavy atom. The number of carbonyl (C=O) groups is 3. The number of carboxylic acids is 1. The van der Waals surface area contributed by atoms with E-state index in [0.29, 0.717) is 31.6 Å². The zero-order chi connectivity index (χ0) is 12.6. The molecule has 1 saturated carbocycles. The highest BCUT2D eigenvalue weighted by atomic mass is 32.2. The van der Waals surface area contributed by atoms with Gasteiger partial charge in [0.25, 0.3) is 0 Å². The molecule has 1 N–H and O–H groups in total. The molecule has 1 aliphatic carbocycles. The van der Waals surface area contributed by atoms with E-state index in [1.807, 2.05) is 0 Å². The second-order valence-corrected chi connectivity index (χ2v) is 5.91. The van der Waals surface area contributed by atoms with Crippen molar-refractivity contribution in [2.24, 2.45) is 5.92 Å². The van der Waals surface area contributed by atoms with E-state index in [0.717, 1.165) is 0 Å². The first-order valence-corrected chi connectivity index (χ1v) is 6.61. The number of hydrogen-bond donors (Lipinski definition) is 1. The maximum absolute atomic E-state index is 11.8. The molecule has 2 rings (SSSR count). The lowest BCUT2D eigenvalue weighted by Gasteiger charge is -2.24. The monoisotopic (exact) mass is 257 g/mol. The Balaban J connectivity index is 1.96. The predicted octanol–water partition coefficient (Wildman–Crippen LogP) is 0.732. The van der Waals surface area contributed by atoms with E-state index in [1.165, 1.54) is 23.6 Å². The van der Waals surface area contributed by atoms with Crippen LogP contribution in [0.1, 0.15) is 26.2 Å². The second kappa shape index (κ2) is 4.33. The first-order chi connectivity index (χ1) is 7.95. The van der Waals surface area contributed by atoms with Crippen molar-refractivity contribution in [3.63, 3.8) is 0 Å². The van der Waals surface area contributed by atoms with Crippen molar-refractivity contribution in [3.8, 4) is 0 Å². The summed E-state index contributed by atoms with van der Waals surface area (Å²) in [6.45, 7) is 1.98. The van der Waals surface area contributed by atoms with Gasteiger partial charge in [-0.1, -0.05) is 11.8 Å². The van der Waals surface area contributed by atoms with E-state index in [9.17, 15) is 14.4 Å². The van der Waals surface area contributed by atoms with Crippen LogP contribution < -0.4 is 0 Å². The molecule has 0 aromatic heterocycles. The summed E-state index contributed by atoms with van der Waals surface area (Å²) >= 11 is 1.21. The quantitative estimate of drug-likeness (QED) is 0.803. The molecule has 2 fully saturated rings. The Morgan fingerprint density at radius 3 is 2.65 bits per heavy atom. The molecule has 0 aromatic carbocycles. The average molecular weight is 257 g/mol. The van der Waals surface area contributed by atoms with Crippen LogP contribution in [-0.4, -0.2) is 44.8 Å². The van der Waals surface area contributed by atoms with E-state index in [4.69, 9.17) is 5.11 Å². The molecule has 0 spiro atoms. The minimum atomic E-state index is -0.924. The Labute approximate surface area is 104 Å². The summed E-state index contributed by atoms with van der Waals surface area (Å²) in [4.78, 5) is 35.3. The largest absolute Gasteiger partial charge is 0.479 e. The molecule has 94 valence electrons. The van der Waals surface area contributed by atoms with Crippen LogP contribution in [-0.2, 0) is 14.4 Å². The van der Waals surface area contributed by atoms with Crippen molar-refractivity contribution in [3.05, 3.63) is 0 Å². The van der Waals surface area contributed by atoms with Crippen molar-refractivity contribution < 1.29 is 19.5 Å². The summed E-state index contributed by atoms with van der Waals surface area (Å²) in [5, 5.41) is 9.17. The predicted molar refractivity (Wildman–Crippen MR) is 62.6 cm³/mol. The van der Waals surface area contributed by atoms with Gasteiger partial charge in [0, 0.05) is 25.6 Å². The molecule has 1 heterocycles. The average Bonchev–Trinajstić information content (AvgIpc) is 2.96. The standard InChI is InChI=1S/C11H15NO4S/c1-7(13)17-6-8-4-9(14)12(5-8)11(2-3-11)10(15)16/h8H,2-6H2,1H3,(H,15,16). The summed E-state index contributed by atoms with van der Waals surface area (Å²) in [5.74, 6) is -0.272. The van der Waals surface area contributed by atoms with Crippen molar-refractivity contribution in [2.45, 2.75) is 31.7 Å². The van der Waals surface area contributed by atoms with Gasteiger partial charge in [-0.3, -0.25) is 9.59 Å². The number of amides is 1. The third-order valence-corrected chi connectivity index (χ3v) is 4.41. The van der Waals surface area contributed by atoms with Gasteiger partial charge >= 0.3 is 5.97 Å². The van der Waals surface area contributed by atoms with Crippen molar-refractivity contribution >= 4 is 28.8 Å². The summed E-state index contributed by atoms with van der Waals surface area (Å²) < 4.78 is 0. The fourth-order valence-corrected chi connectivity index (χ4v) is 2.95. The van der Waals surface area contributed by atoms with Crippen LogP contribution in [0, 0.1) is 5.92 Å². The number of carbonyl (C=O) groups excluding carboxylic acids is 2. The summed E-state index contributed by atoms with van der Waals surface area (Å²) in [6, 6.07) is 0. The molecular weight excluding hydrogens is 242 g/mol. The fourth-order valence-electron chi connectivity index (χ4n) is 2.26. The number of aliphatic carboxylic acids is 1. The van der Waals surface area contributed by atoms with E-state index < -0.39 is 11.5 Å². The molecule has 1 amide bonds. The van der Waals surface area contributed by atoms with Gasteiger partial charge in [-0.25, -0.2) is 4.79 Å². The highest BCUT2D eigenvalue weighted by Crippen LogP contribution is 2.45. The van der Waals surface area contributed by atoms with Gasteiger partial charge in [0.2, 0.25) is 5.91 Å². The Hall–Kier alpha value is -1.04. The first-order valence-electron chi connectivity index (χ1n) is 5.63. The number of rotatable bonds is 4. The van der Waals surface area contributed by atoms with Crippen molar-refractivity contribution in [1.82, 2.24) is 4.90 Å². The zero-order valence-corrected chi connectivity index (χ0v) is 10.5. The minimum absolute atomic E-state index is 0.0373. The van der Waals surface area contributed by atoms with E-state index in [2.05, 4.69) is 0 Å². The van der Waals surface area contributed by atoms with Gasteiger partial charge in [0.15, 0.2) is 5.12 Å². The highest BCUT2D eigenvalue weighted by Gasteiger charge is 2.58. The molecule has 1 atom stereocenters. The number of thioether (sulfide) groups is 1. The third-order valence-electron chi connectivity index (χ3n) is 3.37. The summed E-state index contributed by atoms with van der Waals surface area (Å²) in [6.07, 6.45) is 1.48. The molecule has 0 bridgehead atoms. The molecule has 2 aliphatic rings. The number of carboxylic acid groups (broad SMARTS) is 1. The van der Waals surface area contributed by atoms with Gasteiger partial charge < -0.3 is 10.0 Å². The second-order valence-electron chi connectivity index (χ2n) is 4.71. The topological polar surface area (TPSA) is 74.7 Å². The van der Waals surface area contributed by atoms with E-state index >= 15 is 0 Å². The van der Waals surface area contributed by atoms with Crippen LogP contribution in [0.2, 0.25) is 0 Å². The molecule has 1 saturated heterocycles. The van der Waals surface area contributed by atoms with Crippen LogP contribution in [0.15, 0.2) is 0 Å². The molecular formula is C11H15NO4S. The van der Waals surface area contributed by atoms with Crippen LogP contribution in [0.25, 0.3) is 0 Å². The van der Waals surface area contributed by atoms with Crippen LogP contribution in [0.4, 0.5) is 0 Å². The molecule has 0 radical (unpaired) electrons. The maximum Gasteiger partial charge on any atom is 0.329 e. The number of nitrogens with zero attached hydrogens (tertiary/aromatic N) is 1. The maximum atomic E-state index is 11.8. The van der Waals surface area contributed by atoms with Crippen molar-refractivity contribution in [1.29, 1.82) is 0 Å². The zero-order valence-electron chi connectivity index (χ0n) is 9.64. The van der Waals surface area contributed by atoms with E-state index in [-0.39, 0.29) is 16.9 Å². The van der Waals surface area contributed by atoms with Gasteiger partial charge in [-0.2, -0.15) is 0 Å². The fraction of sp³-hybridized carbons (Fsp3) is 0.727. The smallest absolute Gasteiger partial charge is 0.329 e. The van der Waals surface area contributed by atoms with Crippen LogP contribution in [0.3, 0.4) is 0 Å². The van der Waals surface area contributed by atoms with Gasteiger partial charge in [-0.05, 0) is 18.8 Å². The third kappa shape index (κ3) is 2.31. The lowest BCUT2D eigenvalue weighted by molar-refractivity contribution is -0.150. The lowest BCUT2D eigenvalue weighted by Crippen LogP contribution is -2.44. The molecule has 5 nitrogen and oxygen atoms in total. The molecule has 17 heavy (non-hydrogen) atoms. The molecule has 1 aliphatic heterocycles. The minimum Gasteiger partial charge on any atom is -0.479 e. The lowest BCUT2D eigenvalue weighted by atomic mass is 10.1. The molecule has 1 unspecified atom stereocenters. The number of likely N-dealkylation sites (tertiary alicyclic amines) is 1. The van der Waals surface area contributed by atoms with Crippen molar-refractivity contribution in [2.75, 3.05) is 12.3 Å². The molecule has 0 aromatic rings. The molecule has 6 heteroatoms. The van der Waals surface area contributed by atoms with Crippen LogP contribution in [0.5, 0.6) is 0 Å².